The lowest BCUT2D eigenvalue weighted by molar-refractivity contribution is 0.584. The molecule has 0 aliphatic heterocycles. The third kappa shape index (κ3) is 2.15. The summed E-state index contributed by atoms with van der Waals surface area (Å²) in [4.78, 5) is 17.1. The van der Waals surface area contributed by atoms with Crippen LogP contribution in [-0.2, 0) is 17.1 Å². The maximum absolute atomic E-state index is 13.0. The predicted molar refractivity (Wildman–Crippen MR) is 99.9 cm³/mol. The molecule has 0 unspecified atom stereocenters. The quantitative estimate of drug-likeness (QED) is 0.555. The van der Waals surface area contributed by atoms with E-state index in [1.807, 2.05) is 13.8 Å². The van der Waals surface area contributed by atoms with Gasteiger partial charge in [-0.2, -0.15) is 0 Å². The molecule has 3 aromatic heterocycles. The number of fused-ring (bicyclic) bond motifs is 3. The lowest BCUT2D eigenvalue weighted by Crippen LogP contribution is -2.23. The normalized spacial score (nSPS) is 12.5. The Hall–Kier alpha value is -2.87. The molecule has 0 spiro atoms. The smallest absolute Gasteiger partial charge is 0.293 e. The highest BCUT2D eigenvalue weighted by Gasteiger charge is 2.23. The standard InChI is InChI=1S/C18H18N4O3S/c1-12(2)22-16-14-9-10-21(26(24,25)13-7-5-4-6-8-13)17(14)19-11-15(16)20(3)18(22)23/h4-12H,1-3H3. The molecule has 3 heterocycles. The molecule has 0 saturated carbocycles. The van der Waals surface area contributed by atoms with Gasteiger partial charge in [-0.05, 0) is 32.0 Å². The van der Waals surface area contributed by atoms with E-state index in [-0.39, 0.29) is 16.6 Å². The second-order valence-electron chi connectivity index (χ2n) is 6.46. The number of pyridine rings is 1. The van der Waals surface area contributed by atoms with E-state index in [4.69, 9.17) is 0 Å². The van der Waals surface area contributed by atoms with Gasteiger partial charge in [0.1, 0.15) is 0 Å². The van der Waals surface area contributed by atoms with Gasteiger partial charge in [0.2, 0.25) is 0 Å². The number of nitrogens with zero attached hydrogens (tertiary/aromatic N) is 4. The third-order valence-corrected chi connectivity index (χ3v) is 6.23. The number of hydrogen-bond acceptors (Lipinski definition) is 4. The monoisotopic (exact) mass is 370 g/mol. The summed E-state index contributed by atoms with van der Waals surface area (Å²) in [5.41, 5.74) is 1.52. The summed E-state index contributed by atoms with van der Waals surface area (Å²) >= 11 is 0. The largest absolute Gasteiger partial charge is 0.329 e. The molecular weight excluding hydrogens is 352 g/mol. The molecule has 26 heavy (non-hydrogen) atoms. The summed E-state index contributed by atoms with van der Waals surface area (Å²) in [6.07, 6.45) is 3.04. The lowest BCUT2D eigenvalue weighted by atomic mass is 10.2. The highest BCUT2D eigenvalue weighted by atomic mass is 32.2. The molecule has 0 saturated heterocycles. The molecule has 0 atom stereocenters. The summed E-state index contributed by atoms with van der Waals surface area (Å²) in [6.45, 7) is 3.84. The summed E-state index contributed by atoms with van der Waals surface area (Å²) in [6, 6.07) is 9.85. The Morgan fingerprint density at radius 3 is 2.42 bits per heavy atom. The molecule has 1 aromatic carbocycles. The number of hydrogen-bond donors (Lipinski definition) is 0. The zero-order valence-electron chi connectivity index (χ0n) is 14.6. The highest BCUT2D eigenvalue weighted by Crippen LogP contribution is 2.28. The first kappa shape index (κ1) is 16.6. The van der Waals surface area contributed by atoms with Crippen LogP contribution in [0.4, 0.5) is 0 Å². The second-order valence-corrected chi connectivity index (χ2v) is 8.28. The van der Waals surface area contributed by atoms with Gasteiger partial charge < -0.3 is 0 Å². The zero-order chi connectivity index (χ0) is 18.6. The van der Waals surface area contributed by atoms with Crippen LogP contribution in [0.3, 0.4) is 0 Å². The first-order valence-electron chi connectivity index (χ1n) is 8.21. The number of rotatable bonds is 3. The fourth-order valence-corrected chi connectivity index (χ4v) is 4.60. The molecule has 7 nitrogen and oxygen atoms in total. The van der Waals surface area contributed by atoms with Gasteiger partial charge in [-0.3, -0.25) is 9.13 Å². The van der Waals surface area contributed by atoms with E-state index >= 15 is 0 Å². The van der Waals surface area contributed by atoms with Crippen molar-refractivity contribution in [3.8, 4) is 0 Å². The molecule has 0 aliphatic carbocycles. The van der Waals surface area contributed by atoms with Crippen molar-refractivity contribution in [3.05, 3.63) is 59.3 Å². The Labute approximate surface area is 150 Å². The average Bonchev–Trinajstić information content (AvgIpc) is 3.16. The highest BCUT2D eigenvalue weighted by molar-refractivity contribution is 7.90. The van der Waals surface area contributed by atoms with Gasteiger partial charge in [0.05, 0.1) is 22.1 Å². The molecule has 4 aromatic rings. The van der Waals surface area contributed by atoms with Crippen molar-refractivity contribution in [2.24, 2.45) is 7.05 Å². The van der Waals surface area contributed by atoms with Crippen LogP contribution in [-0.4, -0.2) is 26.5 Å². The molecule has 0 aliphatic rings. The van der Waals surface area contributed by atoms with E-state index in [0.717, 1.165) is 0 Å². The number of aromatic nitrogens is 4. The van der Waals surface area contributed by atoms with Crippen molar-refractivity contribution in [2.45, 2.75) is 24.8 Å². The molecule has 134 valence electrons. The topological polar surface area (TPSA) is 78.9 Å². The molecule has 0 amide bonds. The van der Waals surface area contributed by atoms with Crippen molar-refractivity contribution in [1.82, 2.24) is 18.1 Å². The summed E-state index contributed by atoms with van der Waals surface area (Å²) in [7, 11) is -2.08. The van der Waals surface area contributed by atoms with Gasteiger partial charge in [0.25, 0.3) is 10.0 Å². The van der Waals surface area contributed by atoms with E-state index in [1.165, 1.54) is 14.7 Å². The van der Waals surface area contributed by atoms with E-state index in [1.54, 1.807) is 54.2 Å². The summed E-state index contributed by atoms with van der Waals surface area (Å²) in [5, 5.41) is 0.633. The molecule has 0 fully saturated rings. The zero-order valence-corrected chi connectivity index (χ0v) is 15.4. The fraction of sp³-hybridized carbons (Fsp3) is 0.222. The van der Waals surface area contributed by atoms with E-state index in [0.29, 0.717) is 22.1 Å². The Morgan fingerprint density at radius 1 is 1.08 bits per heavy atom. The van der Waals surface area contributed by atoms with Crippen LogP contribution in [0.5, 0.6) is 0 Å². The molecule has 4 rings (SSSR count). The minimum Gasteiger partial charge on any atom is -0.293 e. The number of imidazole rings is 1. The van der Waals surface area contributed by atoms with Crippen LogP contribution in [0.1, 0.15) is 19.9 Å². The molecular formula is C18H18N4O3S. The minimum atomic E-state index is -3.77. The van der Waals surface area contributed by atoms with Crippen molar-refractivity contribution >= 4 is 32.1 Å². The SMILES string of the molecule is CC(C)n1c(=O)n(C)c2cnc3c(ccn3S(=O)(=O)c3ccccc3)c21. The third-order valence-electron chi connectivity index (χ3n) is 4.54. The van der Waals surface area contributed by atoms with Crippen LogP contribution in [0.15, 0.2) is 58.5 Å². The van der Waals surface area contributed by atoms with Crippen LogP contribution >= 0.6 is 0 Å². The predicted octanol–water partition coefficient (Wildman–Crippen LogP) is 2.51. The Morgan fingerprint density at radius 2 is 1.77 bits per heavy atom. The fourth-order valence-electron chi connectivity index (χ4n) is 3.28. The van der Waals surface area contributed by atoms with Gasteiger partial charge in [0.15, 0.2) is 5.65 Å². The molecule has 0 bridgehead atoms. The lowest BCUT2D eigenvalue weighted by Gasteiger charge is -2.09. The summed E-state index contributed by atoms with van der Waals surface area (Å²) in [5.74, 6) is 0. The second kappa shape index (κ2) is 5.57. The van der Waals surface area contributed by atoms with Crippen LogP contribution < -0.4 is 5.69 Å². The number of aryl methyl sites for hydroxylation is 1. The molecule has 8 heteroatoms. The molecule has 0 N–H and O–H groups in total. The van der Waals surface area contributed by atoms with Crippen molar-refractivity contribution in [1.29, 1.82) is 0 Å². The van der Waals surface area contributed by atoms with Crippen LogP contribution in [0, 0.1) is 0 Å². The van der Waals surface area contributed by atoms with Gasteiger partial charge in [-0.15, -0.1) is 0 Å². The average molecular weight is 370 g/mol. The molecule has 0 radical (unpaired) electrons. The van der Waals surface area contributed by atoms with E-state index < -0.39 is 10.0 Å². The van der Waals surface area contributed by atoms with Gasteiger partial charge >= 0.3 is 5.69 Å². The van der Waals surface area contributed by atoms with E-state index in [9.17, 15) is 13.2 Å². The first-order chi connectivity index (χ1) is 12.3. The van der Waals surface area contributed by atoms with Gasteiger partial charge in [-0.1, -0.05) is 18.2 Å². The Kier molecular flexibility index (Phi) is 3.55. The Balaban J connectivity index is 2.09. The Bertz CT molecular complexity index is 1300. The maximum atomic E-state index is 13.0. The summed E-state index contributed by atoms with van der Waals surface area (Å²) < 4.78 is 30.3. The van der Waals surface area contributed by atoms with Crippen LogP contribution in [0.25, 0.3) is 22.1 Å². The number of benzene rings is 1. The van der Waals surface area contributed by atoms with Crippen molar-refractivity contribution in [3.63, 3.8) is 0 Å². The maximum Gasteiger partial charge on any atom is 0.329 e. The van der Waals surface area contributed by atoms with E-state index in [2.05, 4.69) is 4.98 Å². The van der Waals surface area contributed by atoms with Crippen molar-refractivity contribution < 1.29 is 8.42 Å². The minimum absolute atomic E-state index is 0.0640. The van der Waals surface area contributed by atoms with Gasteiger partial charge in [0, 0.05) is 24.7 Å². The van der Waals surface area contributed by atoms with Crippen molar-refractivity contribution in [2.75, 3.05) is 0 Å². The van der Waals surface area contributed by atoms with Crippen LogP contribution in [0.2, 0.25) is 0 Å². The first-order valence-corrected chi connectivity index (χ1v) is 9.65. The van der Waals surface area contributed by atoms with Gasteiger partial charge in [-0.25, -0.2) is 22.2 Å².